The Morgan fingerprint density at radius 1 is 1.65 bits per heavy atom. The van der Waals surface area contributed by atoms with Crippen molar-refractivity contribution in [3.05, 3.63) is 11.1 Å². The van der Waals surface area contributed by atoms with Crippen molar-refractivity contribution in [1.82, 2.24) is 5.32 Å². The molecule has 3 unspecified atom stereocenters. The van der Waals surface area contributed by atoms with Crippen LogP contribution in [0.1, 0.15) is 20.3 Å². The van der Waals surface area contributed by atoms with Crippen LogP contribution in [0.15, 0.2) is 11.1 Å². The van der Waals surface area contributed by atoms with Gasteiger partial charge in [0.1, 0.15) is 5.54 Å². The maximum atomic E-state index is 12.3. The van der Waals surface area contributed by atoms with Crippen LogP contribution in [0.5, 0.6) is 0 Å². The van der Waals surface area contributed by atoms with Crippen molar-refractivity contribution in [2.75, 3.05) is 13.2 Å². The summed E-state index contributed by atoms with van der Waals surface area (Å²) in [5.41, 5.74) is 5.22. The lowest BCUT2D eigenvalue weighted by molar-refractivity contribution is -0.175. The van der Waals surface area contributed by atoms with E-state index in [0.29, 0.717) is 13.2 Å². The molecule has 0 aromatic heterocycles. The Kier molecular flexibility index (Phi) is 3.13. The fraction of sp³-hybridized carbons (Fsp3) is 0.750. The molecule has 0 aromatic carbocycles. The Morgan fingerprint density at radius 3 is 2.88 bits per heavy atom. The molecule has 0 aromatic rings. The van der Waals surface area contributed by atoms with E-state index in [-0.39, 0.29) is 23.3 Å². The van der Waals surface area contributed by atoms with E-state index >= 15 is 0 Å². The number of halogens is 1. The van der Waals surface area contributed by atoms with E-state index in [9.17, 15) is 4.79 Å². The van der Waals surface area contributed by atoms with E-state index in [1.165, 1.54) is 0 Å². The summed E-state index contributed by atoms with van der Waals surface area (Å²) in [6.07, 6.45) is 0.984. The molecular formula is C12H19BrN2O2. The van der Waals surface area contributed by atoms with Crippen LogP contribution in [0.3, 0.4) is 0 Å². The predicted molar refractivity (Wildman–Crippen MR) is 69.6 cm³/mol. The van der Waals surface area contributed by atoms with Crippen LogP contribution in [0.2, 0.25) is 0 Å². The minimum Gasteiger partial charge on any atom is -0.377 e. The average molecular weight is 303 g/mol. The Hall–Kier alpha value is -0.390. The molecule has 2 rings (SSSR count). The average Bonchev–Trinajstić information content (AvgIpc) is 2.72. The molecule has 96 valence electrons. The first-order valence-corrected chi connectivity index (χ1v) is 6.63. The van der Waals surface area contributed by atoms with Crippen molar-refractivity contribution >= 4 is 21.8 Å². The highest BCUT2D eigenvalue weighted by Crippen LogP contribution is 2.58. The van der Waals surface area contributed by atoms with Crippen LogP contribution in [0.4, 0.5) is 0 Å². The SMILES string of the molecule is C=C(Br)CNC(=O)C1(N)C2CCOC2C1(C)C. The molecule has 1 aliphatic carbocycles. The number of amides is 1. The number of hydrogen-bond acceptors (Lipinski definition) is 3. The zero-order valence-corrected chi connectivity index (χ0v) is 11.8. The van der Waals surface area contributed by atoms with Gasteiger partial charge in [0.25, 0.3) is 0 Å². The third-order valence-corrected chi connectivity index (χ3v) is 4.55. The van der Waals surface area contributed by atoms with Crippen LogP contribution in [-0.4, -0.2) is 30.7 Å². The molecule has 1 saturated heterocycles. The summed E-state index contributed by atoms with van der Waals surface area (Å²) in [4.78, 5) is 12.3. The summed E-state index contributed by atoms with van der Waals surface area (Å²) in [7, 11) is 0. The number of hydrogen-bond donors (Lipinski definition) is 2. The van der Waals surface area contributed by atoms with Crippen LogP contribution in [0.25, 0.3) is 0 Å². The van der Waals surface area contributed by atoms with Crippen molar-refractivity contribution < 1.29 is 9.53 Å². The summed E-state index contributed by atoms with van der Waals surface area (Å²) in [6.45, 7) is 8.81. The minimum absolute atomic E-state index is 0.102. The first-order valence-electron chi connectivity index (χ1n) is 5.84. The van der Waals surface area contributed by atoms with Gasteiger partial charge >= 0.3 is 0 Å². The van der Waals surface area contributed by atoms with Gasteiger partial charge in [0.05, 0.1) is 6.10 Å². The second kappa shape index (κ2) is 4.07. The molecule has 5 heteroatoms. The Morgan fingerprint density at radius 2 is 2.29 bits per heavy atom. The van der Waals surface area contributed by atoms with Gasteiger partial charge < -0.3 is 15.8 Å². The van der Waals surface area contributed by atoms with Crippen molar-refractivity contribution in [2.24, 2.45) is 17.1 Å². The lowest BCUT2D eigenvalue weighted by Gasteiger charge is -2.60. The van der Waals surface area contributed by atoms with E-state index in [1.54, 1.807) is 0 Å². The molecule has 1 heterocycles. The van der Waals surface area contributed by atoms with Crippen LogP contribution >= 0.6 is 15.9 Å². The maximum absolute atomic E-state index is 12.3. The standard InChI is InChI=1S/C12H19BrN2O2/c1-7(13)6-15-10(16)12(14)8-4-5-17-9(8)11(12,2)3/h8-9H,1,4-6,14H2,2-3H3,(H,15,16). The first kappa shape index (κ1) is 13.1. The highest BCUT2D eigenvalue weighted by atomic mass is 79.9. The second-order valence-electron chi connectivity index (χ2n) is 5.48. The third kappa shape index (κ3) is 1.67. The fourth-order valence-electron chi connectivity index (χ4n) is 3.17. The number of rotatable bonds is 3. The summed E-state index contributed by atoms with van der Waals surface area (Å²) < 4.78 is 6.39. The Balaban J connectivity index is 2.12. The molecule has 1 aliphatic heterocycles. The van der Waals surface area contributed by atoms with Crippen molar-refractivity contribution in [3.63, 3.8) is 0 Å². The monoisotopic (exact) mass is 302 g/mol. The zero-order chi connectivity index (χ0) is 12.8. The molecule has 2 aliphatic rings. The van der Waals surface area contributed by atoms with Crippen LogP contribution < -0.4 is 11.1 Å². The summed E-state index contributed by atoms with van der Waals surface area (Å²) in [5.74, 6) is 0.0379. The predicted octanol–water partition coefficient (Wildman–Crippen LogP) is 1.15. The normalized spacial score (nSPS) is 38.1. The van der Waals surface area contributed by atoms with Crippen molar-refractivity contribution in [1.29, 1.82) is 0 Å². The number of carbonyl (C=O) groups excluding carboxylic acids is 1. The number of nitrogens with two attached hydrogens (primary N) is 1. The van der Waals surface area contributed by atoms with Gasteiger partial charge in [0, 0.05) is 29.0 Å². The summed E-state index contributed by atoms with van der Waals surface area (Å²) in [5, 5.41) is 2.83. The van der Waals surface area contributed by atoms with Gasteiger partial charge in [-0.15, -0.1) is 0 Å². The molecule has 1 saturated carbocycles. The number of nitrogens with one attached hydrogen (secondary N) is 1. The lowest BCUT2D eigenvalue weighted by atomic mass is 9.48. The molecule has 3 N–H and O–H groups in total. The molecule has 17 heavy (non-hydrogen) atoms. The van der Waals surface area contributed by atoms with Crippen LogP contribution in [0, 0.1) is 11.3 Å². The van der Waals surface area contributed by atoms with Gasteiger partial charge in [-0.1, -0.05) is 36.4 Å². The van der Waals surface area contributed by atoms with Crippen molar-refractivity contribution in [3.8, 4) is 0 Å². The van der Waals surface area contributed by atoms with E-state index in [0.717, 1.165) is 10.9 Å². The first-order chi connectivity index (χ1) is 7.81. The van der Waals surface area contributed by atoms with Gasteiger partial charge in [0.15, 0.2) is 0 Å². The number of carbonyl (C=O) groups is 1. The van der Waals surface area contributed by atoms with E-state index in [4.69, 9.17) is 10.5 Å². The van der Waals surface area contributed by atoms with Crippen LogP contribution in [-0.2, 0) is 9.53 Å². The second-order valence-corrected chi connectivity index (χ2v) is 6.60. The molecular weight excluding hydrogens is 284 g/mol. The van der Waals surface area contributed by atoms with Gasteiger partial charge in [-0.05, 0) is 6.42 Å². The fourth-order valence-corrected chi connectivity index (χ4v) is 3.31. The van der Waals surface area contributed by atoms with E-state index in [1.807, 2.05) is 13.8 Å². The smallest absolute Gasteiger partial charge is 0.241 e. The highest BCUT2D eigenvalue weighted by Gasteiger charge is 2.71. The molecule has 2 fully saturated rings. The summed E-state index contributed by atoms with van der Waals surface area (Å²) in [6, 6.07) is 0. The maximum Gasteiger partial charge on any atom is 0.241 e. The topological polar surface area (TPSA) is 64.4 Å². The minimum atomic E-state index is -0.823. The third-order valence-electron chi connectivity index (χ3n) is 4.27. The van der Waals surface area contributed by atoms with Gasteiger partial charge in [0.2, 0.25) is 5.91 Å². The van der Waals surface area contributed by atoms with Gasteiger partial charge in [-0.3, -0.25) is 4.79 Å². The molecule has 1 amide bonds. The molecule has 0 bridgehead atoms. The molecule has 3 atom stereocenters. The van der Waals surface area contributed by atoms with E-state index in [2.05, 4.69) is 27.8 Å². The number of fused-ring (bicyclic) bond motifs is 1. The molecule has 4 nitrogen and oxygen atoms in total. The largest absolute Gasteiger partial charge is 0.377 e. The Bertz CT molecular complexity index is 370. The lowest BCUT2D eigenvalue weighted by Crippen LogP contribution is -2.80. The highest BCUT2D eigenvalue weighted by molar-refractivity contribution is 9.11. The molecule has 0 radical (unpaired) electrons. The number of ether oxygens (including phenoxy) is 1. The zero-order valence-electron chi connectivity index (χ0n) is 10.3. The van der Waals surface area contributed by atoms with Gasteiger partial charge in [-0.25, -0.2) is 0 Å². The van der Waals surface area contributed by atoms with Gasteiger partial charge in [-0.2, -0.15) is 0 Å². The quantitative estimate of drug-likeness (QED) is 0.822. The van der Waals surface area contributed by atoms with Crippen molar-refractivity contribution in [2.45, 2.75) is 31.9 Å². The Labute approximate surface area is 110 Å². The van der Waals surface area contributed by atoms with E-state index < -0.39 is 5.54 Å². The summed E-state index contributed by atoms with van der Waals surface area (Å²) >= 11 is 3.22. The molecule has 0 spiro atoms.